The molecule has 220 valence electrons. The number of nitrogen functional groups attached to an aromatic ring is 2. The number of imidazole rings is 2. The van der Waals surface area contributed by atoms with Crippen LogP contribution in [0.5, 0.6) is 0 Å². The minimum atomic E-state index is -4.86. The zero-order valence-electron chi connectivity index (χ0n) is 21.2. The van der Waals surface area contributed by atoms with Crippen molar-refractivity contribution in [3.63, 3.8) is 0 Å². The molecule has 4 aromatic heterocycles. The van der Waals surface area contributed by atoms with Crippen molar-refractivity contribution in [1.82, 2.24) is 39.0 Å². The van der Waals surface area contributed by atoms with E-state index in [1.165, 1.54) is 23.5 Å². The van der Waals surface area contributed by atoms with Crippen LogP contribution in [-0.2, 0) is 23.3 Å². The lowest BCUT2D eigenvalue weighted by atomic mass is 10.1. The fraction of sp³-hybridized carbons (Fsp3) is 0.524. The maximum absolute atomic E-state index is 11.4. The van der Waals surface area contributed by atoms with Crippen molar-refractivity contribution >= 4 is 41.8 Å². The van der Waals surface area contributed by atoms with Crippen molar-refractivity contribution in [3.8, 4) is 0 Å². The molecule has 0 aromatic carbocycles. The summed E-state index contributed by atoms with van der Waals surface area (Å²) in [5, 5.41) is 22.0. The van der Waals surface area contributed by atoms with Crippen LogP contribution in [-0.4, -0.2) is 103 Å². The summed E-state index contributed by atoms with van der Waals surface area (Å²) in [5.41, 5.74) is 13.2. The number of fused-ring (bicyclic) bond motifs is 2. The van der Waals surface area contributed by atoms with Crippen molar-refractivity contribution in [2.75, 3.05) is 24.7 Å². The lowest BCUT2D eigenvalue weighted by Crippen LogP contribution is -2.40. The molecule has 2 aliphatic rings. The first kappa shape index (κ1) is 27.8. The lowest BCUT2D eigenvalue weighted by molar-refractivity contribution is -0.117. The third kappa shape index (κ3) is 5.34. The van der Waals surface area contributed by atoms with Gasteiger partial charge in [-0.2, -0.15) is 0 Å². The number of anilines is 2. The molecule has 0 aliphatic carbocycles. The zero-order valence-corrected chi connectivity index (χ0v) is 22.1. The van der Waals surface area contributed by atoms with Crippen LogP contribution in [0.2, 0.25) is 0 Å². The first-order valence-electron chi connectivity index (χ1n) is 12.5. The fourth-order valence-electron chi connectivity index (χ4n) is 5.05. The lowest BCUT2D eigenvalue weighted by Gasteiger charge is -2.25. The largest absolute Gasteiger partial charge is 0.469 e. The summed E-state index contributed by atoms with van der Waals surface area (Å²) in [7, 11) is -4.86. The smallest absolute Gasteiger partial charge is 0.388 e. The molecule has 0 spiro atoms. The number of nitrogens with two attached hydrogens (primary N) is 2. The Kier molecular flexibility index (Phi) is 7.30. The minimum absolute atomic E-state index is 0.119. The highest BCUT2D eigenvalue weighted by Gasteiger charge is 2.47. The summed E-state index contributed by atoms with van der Waals surface area (Å²) >= 11 is 0. The van der Waals surface area contributed by atoms with Gasteiger partial charge in [-0.3, -0.25) is 13.7 Å². The van der Waals surface area contributed by atoms with E-state index in [0.717, 1.165) is 0 Å². The Bertz CT molecular complexity index is 1600. The minimum Gasteiger partial charge on any atom is -0.388 e. The Hall–Kier alpha value is -3.39. The van der Waals surface area contributed by atoms with Gasteiger partial charge in [-0.1, -0.05) is 0 Å². The first-order chi connectivity index (χ1) is 19.6. The number of hydrogen-bond acceptors (Lipinski definition) is 15. The summed E-state index contributed by atoms with van der Waals surface area (Å²) in [6, 6.07) is 0. The quantitative estimate of drug-likeness (QED) is 0.122. The van der Waals surface area contributed by atoms with Gasteiger partial charge in [0, 0.05) is 0 Å². The monoisotopic (exact) mass is 594 g/mol. The molecule has 8 N–H and O–H groups in total. The van der Waals surface area contributed by atoms with Crippen molar-refractivity contribution < 1.29 is 43.3 Å². The second-order valence-electron chi connectivity index (χ2n) is 9.58. The van der Waals surface area contributed by atoms with E-state index in [1.807, 2.05) is 0 Å². The van der Waals surface area contributed by atoms with E-state index in [9.17, 15) is 24.6 Å². The van der Waals surface area contributed by atoms with Crippen LogP contribution in [0.15, 0.2) is 25.3 Å². The second kappa shape index (κ2) is 10.8. The Morgan fingerprint density at radius 2 is 1.61 bits per heavy atom. The Morgan fingerprint density at radius 3 is 2.27 bits per heavy atom. The van der Waals surface area contributed by atoms with Crippen LogP contribution in [0.25, 0.3) is 22.3 Å². The molecule has 6 heterocycles. The normalized spacial score (nSPS) is 27.7. The molecule has 6 rings (SSSR count). The average Bonchev–Trinajstić information content (AvgIpc) is 3.71. The molecule has 41 heavy (non-hydrogen) atoms. The highest BCUT2D eigenvalue weighted by atomic mass is 31.2. The molecular weight excluding hydrogens is 567 g/mol. The molecule has 0 saturated carbocycles. The van der Waals surface area contributed by atoms with Gasteiger partial charge in [0.05, 0.1) is 32.0 Å². The number of hydrogen-bond donors (Lipinski definition) is 6. The number of aromatic nitrogens is 8. The number of ether oxygens (including phenoxy) is 3. The maximum Gasteiger partial charge on any atom is 0.469 e. The molecule has 0 amide bonds. The molecule has 6 unspecified atom stereocenters. The first-order valence-corrected chi connectivity index (χ1v) is 14.0. The van der Waals surface area contributed by atoms with Crippen LogP contribution in [0, 0.1) is 0 Å². The van der Waals surface area contributed by atoms with Crippen LogP contribution < -0.4 is 11.5 Å². The summed E-state index contributed by atoms with van der Waals surface area (Å²) in [6.45, 7) is -0.899. The standard InChI is InChI=1S/C21H27N10O9P/c22-17-13-19(26-5-24-17)30(7-28-13)12-2-1-10(39-12)9(32)3-37-16-11(4-38-41(34,35)36)40-21(15(16)33)31-8-29-14-18(23)25-6-27-20(14)31/h5-12,15-16,21,32-33H,1-4H2,(H2,22,24,26)(H2,23,25,27)(H2,34,35,36)/t9?,10?,11?,12-,15?,16?,21?/m1/s1. The Balaban J connectivity index is 1.15. The molecule has 20 heteroatoms. The van der Waals surface area contributed by atoms with E-state index < -0.39 is 57.4 Å². The van der Waals surface area contributed by atoms with Gasteiger partial charge in [0.15, 0.2) is 29.2 Å². The molecule has 2 aliphatic heterocycles. The van der Waals surface area contributed by atoms with E-state index in [4.69, 9.17) is 25.7 Å². The van der Waals surface area contributed by atoms with Gasteiger partial charge < -0.3 is 45.7 Å². The Labute approximate surface area is 230 Å². The van der Waals surface area contributed by atoms with E-state index in [0.29, 0.717) is 24.0 Å². The molecule has 19 nitrogen and oxygen atoms in total. The zero-order chi connectivity index (χ0) is 28.9. The molecule has 0 radical (unpaired) electrons. The Morgan fingerprint density at radius 1 is 0.976 bits per heavy atom. The van der Waals surface area contributed by atoms with Gasteiger partial charge in [-0.25, -0.2) is 34.5 Å². The molecular formula is C21H27N10O9P. The maximum atomic E-state index is 11.4. The van der Waals surface area contributed by atoms with Gasteiger partial charge in [0.1, 0.15) is 54.3 Å². The summed E-state index contributed by atoms with van der Waals surface area (Å²) in [4.78, 5) is 43.0. The molecule has 0 bridgehead atoms. The van der Waals surface area contributed by atoms with Crippen LogP contribution >= 0.6 is 7.82 Å². The van der Waals surface area contributed by atoms with Gasteiger partial charge in [-0.15, -0.1) is 0 Å². The van der Waals surface area contributed by atoms with Gasteiger partial charge in [0.2, 0.25) is 0 Å². The van der Waals surface area contributed by atoms with Gasteiger partial charge >= 0.3 is 7.82 Å². The molecule has 2 fully saturated rings. The second-order valence-corrected chi connectivity index (χ2v) is 10.8. The average molecular weight is 594 g/mol. The van der Waals surface area contributed by atoms with Crippen LogP contribution in [0.3, 0.4) is 0 Å². The van der Waals surface area contributed by atoms with Crippen LogP contribution in [0.1, 0.15) is 25.3 Å². The van der Waals surface area contributed by atoms with Crippen molar-refractivity contribution in [3.05, 3.63) is 25.3 Å². The van der Waals surface area contributed by atoms with Gasteiger partial charge in [0.25, 0.3) is 0 Å². The molecule has 4 aromatic rings. The SMILES string of the molecule is Nc1ncnc2c1ncn2C1OC(COP(=O)(O)O)C(OCC(O)C2CC[C@H](n3cnc4c(N)ncnc43)O2)C1O. The number of phosphoric acid groups is 1. The predicted molar refractivity (Wildman–Crippen MR) is 136 cm³/mol. The number of nitrogens with zero attached hydrogens (tertiary/aromatic N) is 8. The number of aliphatic hydroxyl groups is 2. The third-order valence-corrected chi connectivity index (χ3v) is 7.48. The van der Waals surface area contributed by atoms with E-state index >= 15 is 0 Å². The number of rotatable bonds is 9. The summed E-state index contributed by atoms with van der Waals surface area (Å²) in [6.07, 6.45) is -0.549. The van der Waals surface area contributed by atoms with Crippen molar-refractivity contribution in [2.45, 2.75) is 55.8 Å². The van der Waals surface area contributed by atoms with Gasteiger partial charge in [-0.05, 0) is 12.8 Å². The number of phosphoric ester groups is 1. The summed E-state index contributed by atoms with van der Waals surface area (Å²) in [5.74, 6) is 0.359. The van der Waals surface area contributed by atoms with Crippen LogP contribution in [0.4, 0.5) is 11.6 Å². The van der Waals surface area contributed by atoms with Crippen molar-refractivity contribution in [1.29, 1.82) is 0 Å². The molecule has 2 saturated heterocycles. The van der Waals surface area contributed by atoms with E-state index in [2.05, 4.69) is 34.4 Å². The van der Waals surface area contributed by atoms with Crippen molar-refractivity contribution in [2.24, 2.45) is 0 Å². The molecule has 7 atom stereocenters. The predicted octanol–water partition coefficient (Wildman–Crippen LogP) is -1.38. The highest BCUT2D eigenvalue weighted by Crippen LogP contribution is 2.40. The topological polar surface area (TPSA) is 274 Å². The highest BCUT2D eigenvalue weighted by molar-refractivity contribution is 7.46. The number of aliphatic hydroxyl groups excluding tert-OH is 2. The third-order valence-electron chi connectivity index (χ3n) is 6.99. The fourth-order valence-corrected chi connectivity index (χ4v) is 5.39. The van der Waals surface area contributed by atoms with E-state index in [1.54, 1.807) is 10.9 Å². The van der Waals surface area contributed by atoms with E-state index in [-0.39, 0.29) is 29.4 Å². The summed E-state index contributed by atoms with van der Waals surface area (Å²) < 4.78 is 36.9.